The van der Waals surface area contributed by atoms with Crippen LogP contribution >= 0.6 is 0 Å². The number of carboxylic acids is 1. The van der Waals surface area contributed by atoms with Gasteiger partial charge in [-0.05, 0) is 91.2 Å². The molecule has 6 fully saturated rings. The van der Waals surface area contributed by atoms with Crippen LogP contribution in [-0.2, 0) is 66.7 Å². The lowest BCUT2D eigenvalue weighted by Crippen LogP contribution is -2.50. The zero-order chi connectivity index (χ0) is 73.7. The van der Waals surface area contributed by atoms with Gasteiger partial charge in [-0.25, -0.2) is 26.3 Å². The summed E-state index contributed by atoms with van der Waals surface area (Å²) in [5.41, 5.74) is 0.0529. The summed E-state index contributed by atoms with van der Waals surface area (Å²) in [6.07, 6.45) is 12.4. The summed E-state index contributed by atoms with van der Waals surface area (Å²) in [6.45, 7) is 18.2. The number of benzene rings is 2. The smallest absolute Gasteiger partial charge is 0.314 e. The average Bonchev–Trinajstić information content (AvgIpc) is 1.61. The van der Waals surface area contributed by atoms with Gasteiger partial charge >= 0.3 is 23.9 Å². The number of carbonyl (C=O) groups excluding carboxylic acids is 5. The zero-order valence-corrected chi connectivity index (χ0v) is 55.8. The van der Waals surface area contributed by atoms with Crippen molar-refractivity contribution >= 4 is 35.7 Å². The highest BCUT2D eigenvalue weighted by atomic mass is 19.2. The number of aliphatic hydroxyl groups excluding tert-OH is 2. The number of nitrogens with one attached hydrogen (secondary N) is 2. The third-order valence-corrected chi connectivity index (χ3v) is 17.2. The number of hydrogen-bond acceptors (Lipinski definition) is 18. The summed E-state index contributed by atoms with van der Waals surface area (Å²) in [7, 11) is 0. The first kappa shape index (κ1) is 80.5. The number of amides is 2. The van der Waals surface area contributed by atoms with Crippen molar-refractivity contribution < 1.29 is 136 Å². The second-order valence-corrected chi connectivity index (χ2v) is 25.4. The van der Waals surface area contributed by atoms with Crippen LogP contribution in [0.2, 0.25) is 0 Å². The van der Waals surface area contributed by atoms with E-state index in [1.165, 1.54) is 32.1 Å². The molecule has 0 radical (unpaired) electrons. The Morgan fingerprint density at radius 1 is 0.545 bits per heavy atom. The number of allylic oxidation sites excluding steroid dienone is 4. The Morgan fingerprint density at radius 2 is 0.899 bits per heavy atom. The molecule has 6 aliphatic rings. The number of halogens is 10. The standard InChI is InChI=1S/C34H40F5NO9.C28H41NO9.C6HF5O/c1-16(6-9-23-17(2)12-22(19(4)47-23)40-25(42)11-8-18(3)46-20(5)41)7-10-24-33(44)34(15-45-34)14-21(48-24)13-26(43)49-32-30(38)28(36)27(35)29(37)31(32)39;1-16(7-10-24-27(34)28(15-35-28)14-21(38-24)13-26(32)33)6-9-23-17(2)12-22(19(4)37-23)29-25(31)11-8-18(3)36-20(5)30;7-1-2(8)4(10)6(12)5(11)3(1)9/h6-8,10-11,17-19,21-24,33,44H,9,12-15H2,1-5H3,(H,40,42);6-8,10-11,17-19,21-24,27,34H,9,12-15H2,1-5H3,(H,29,31)(H,32,33);12H/b2*10-7+,11-8-,16-6+;/t17-,18-,19+,21+,22+,23-,24+,33+,34+;17-,18-,19+,21+,22+,23-,24+,27+,28+;/m00./s1. The molecule has 18 atom stereocenters. The van der Waals surface area contributed by atoms with Gasteiger partial charge in [-0.1, -0.05) is 61.4 Å². The Hall–Kier alpha value is -7.52. The molecule has 2 aromatic carbocycles. The molecule has 0 bridgehead atoms. The van der Waals surface area contributed by atoms with E-state index in [2.05, 4.69) is 28.4 Å². The molecule has 6 saturated heterocycles. The molecule has 548 valence electrons. The second kappa shape index (κ2) is 35.2. The number of rotatable bonds is 21. The number of epoxide rings is 2. The van der Waals surface area contributed by atoms with Crippen LogP contribution in [0.3, 0.4) is 0 Å². The molecule has 99 heavy (non-hydrogen) atoms. The highest BCUT2D eigenvalue weighted by Gasteiger charge is 2.59. The zero-order valence-electron chi connectivity index (χ0n) is 55.8. The maximum Gasteiger partial charge on any atom is 0.314 e. The summed E-state index contributed by atoms with van der Waals surface area (Å²) in [4.78, 5) is 70.3. The maximum atomic E-state index is 14.0. The normalized spacial score (nSPS) is 30.5. The van der Waals surface area contributed by atoms with E-state index in [1.807, 2.05) is 46.8 Å². The first-order valence-corrected chi connectivity index (χ1v) is 31.8. The number of carboxylic acid groups (broad SMARTS) is 1. The molecule has 6 heterocycles. The van der Waals surface area contributed by atoms with Crippen LogP contribution in [0.1, 0.15) is 121 Å². The van der Waals surface area contributed by atoms with Crippen molar-refractivity contribution in [3.8, 4) is 11.5 Å². The predicted octanol–water partition coefficient (Wildman–Crippen LogP) is 9.20. The van der Waals surface area contributed by atoms with E-state index < -0.39 is 160 Å². The summed E-state index contributed by atoms with van der Waals surface area (Å²) < 4.78 is 179. The summed E-state index contributed by atoms with van der Waals surface area (Å²) in [5, 5.41) is 44.9. The summed E-state index contributed by atoms with van der Waals surface area (Å²) in [5.74, 6) is -29.4. The largest absolute Gasteiger partial charge is 0.503 e. The molecule has 2 amide bonds. The van der Waals surface area contributed by atoms with Gasteiger partial charge in [0.1, 0.15) is 47.8 Å². The highest BCUT2D eigenvalue weighted by molar-refractivity contribution is 5.88. The van der Waals surface area contributed by atoms with E-state index in [0.29, 0.717) is 32.3 Å². The number of phenols is 1. The van der Waals surface area contributed by atoms with E-state index in [4.69, 9.17) is 48.1 Å². The minimum absolute atomic E-state index is 0.0133. The number of esters is 3. The number of ether oxygens (including phenoxy) is 9. The van der Waals surface area contributed by atoms with E-state index in [0.717, 1.165) is 17.6 Å². The highest BCUT2D eigenvalue weighted by Crippen LogP contribution is 2.45. The lowest BCUT2D eigenvalue weighted by Gasteiger charge is -2.39. The molecule has 2 spiro atoms. The number of aliphatic hydroxyl groups is 2. The SMILES string of the molecule is CC(=O)O[C@@H](C)/C=C\C(=O)N[C@@H]1C[C@H](C)[C@H](C/C=C(C)/C=C/[C@H]2O[C@H](CC(=O)O)C[C@@]3(CO3)[C@@H]2O)O[C@@H]1C.CC(=O)O[C@@H](C)/C=C\C(=O)N[C@@H]1C[C@H](C)[C@H](C/C=C(C)/C=C/[C@H]2O[C@H](CC(=O)Oc3c(F)c(F)c(F)c(F)c3F)C[C@@]3(CO3)[C@@H]2O)O[C@@H]1C.Oc1c(F)c(F)c(F)c(F)c1F. The fourth-order valence-corrected chi connectivity index (χ4v) is 11.6. The van der Waals surface area contributed by atoms with Gasteiger partial charge < -0.3 is 73.7 Å². The minimum Gasteiger partial charge on any atom is -0.503 e. The molecule has 0 aromatic heterocycles. The van der Waals surface area contributed by atoms with Crippen LogP contribution < -0.4 is 15.4 Å². The molecule has 2 aromatic rings. The van der Waals surface area contributed by atoms with Crippen LogP contribution in [0, 0.1) is 70.0 Å². The van der Waals surface area contributed by atoms with Gasteiger partial charge in [0.25, 0.3) is 0 Å². The lowest BCUT2D eigenvalue weighted by molar-refractivity contribution is -0.155. The number of aromatic hydroxyl groups is 1. The van der Waals surface area contributed by atoms with E-state index in [-0.39, 0.29) is 79.6 Å². The summed E-state index contributed by atoms with van der Waals surface area (Å²) >= 11 is 0. The van der Waals surface area contributed by atoms with Crippen molar-refractivity contribution in [2.75, 3.05) is 13.2 Å². The second-order valence-electron chi connectivity index (χ2n) is 25.4. The lowest BCUT2D eigenvalue weighted by atomic mass is 9.87. The van der Waals surface area contributed by atoms with Crippen LogP contribution in [0.15, 0.2) is 71.9 Å². The molecule has 8 rings (SSSR count). The Balaban J connectivity index is 0.000000272. The van der Waals surface area contributed by atoms with Gasteiger partial charge in [-0.15, -0.1) is 0 Å². The summed E-state index contributed by atoms with van der Waals surface area (Å²) in [6, 6.07) is -0.353. The molecular formula is C68H82F10N2O19. The van der Waals surface area contributed by atoms with Crippen molar-refractivity contribution in [1.82, 2.24) is 10.6 Å². The Labute approximate surface area is 564 Å². The number of carbonyl (C=O) groups is 6. The first-order chi connectivity index (χ1) is 46.3. The van der Waals surface area contributed by atoms with Crippen LogP contribution in [0.25, 0.3) is 0 Å². The molecule has 0 unspecified atom stereocenters. The first-order valence-electron chi connectivity index (χ1n) is 31.8. The number of phenolic OH excluding ortho intramolecular Hbond substituents is 1. The molecule has 6 aliphatic heterocycles. The molecule has 0 saturated carbocycles. The van der Waals surface area contributed by atoms with Gasteiger partial charge in [0.2, 0.25) is 75.7 Å². The topological polar surface area (TPSA) is 297 Å². The molecule has 21 nitrogen and oxygen atoms in total. The number of hydrogen-bond donors (Lipinski definition) is 6. The Bertz CT molecular complexity index is 3310. The van der Waals surface area contributed by atoms with Crippen LogP contribution in [0.4, 0.5) is 43.9 Å². The fourth-order valence-electron chi connectivity index (χ4n) is 11.6. The van der Waals surface area contributed by atoms with Gasteiger partial charge in [-0.3, -0.25) is 28.8 Å². The van der Waals surface area contributed by atoms with Crippen molar-refractivity contribution in [1.29, 1.82) is 0 Å². The Kier molecular flexibility index (Phi) is 28.6. The van der Waals surface area contributed by atoms with E-state index >= 15 is 0 Å². The van der Waals surface area contributed by atoms with Crippen LogP contribution in [-0.4, -0.2) is 166 Å². The molecular weight excluding hydrogens is 1340 g/mol. The molecule has 31 heteroatoms. The van der Waals surface area contributed by atoms with E-state index in [9.17, 15) is 82.9 Å². The molecule has 0 aliphatic carbocycles. The number of aliphatic carboxylic acids is 1. The Morgan fingerprint density at radius 3 is 1.25 bits per heavy atom. The van der Waals surface area contributed by atoms with Gasteiger partial charge in [0.05, 0.1) is 74.8 Å². The maximum absolute atomic E-state index is 14.0. The third-order valence-electron chi connectivity index (χ3n) is 17.2. The van der Waals surface area contributed by atoms with Crippen molar-refractivity contribution in [2.45, 2.75) is 217 Å². The fraction of sp³-hybridized carbons (Fsp3) is 0.559. The van der Waals surface area contributed by atoms with Crippen molar-refractivity contribution in [3.05, 3.63) is 130 Å². The molecule has 6 N–H and O–H groups in total. The van der Waals surface area contributed by atoms with E-state index in [1.54, 1.807) is 38.2 Å². The van der Waals surface area contributed by atoms with Crippen molar-refractivity contribution in [2.24, 2.45) is 11.8 Å². The third kappa shape index (κ3) is 22.2. The van der Waals surface area contributed by atoms with Crippen molar-refractivity contribution in [3.63, 3.8) is 0 Å². The van der Waals surface area contributed by atoms with Gasteiger partial charge in [0, 0.05) is 38.8 Å². The van der Waals surface area contributed by atoms with Gasteiger partial charge in [-0.2, -0.15) is 17.6 Å². The monoisotopic (exact) mass is 1420 g/mol. The predicted molar refractivity (Wildman–Crippen MR) is 328 cm³/mol. The van der Waals surface area contributed by atoms with Gasteiger partial charge in [0.15, 0.2) is 5.75 Å². The van der Waals surface area contributed by atoms with Crippen LogP contribution in [0.5, 0.6) is 11.5 Å². The quantitative estimate of drug-likeness (QED) is 0.00991. The minimum atomic E-state index is -2.38. The average molecular weight is 1420 g/mol.